The highest BCUT2D eigenvalue weighted by molar-refractivity contribution is 5.96. The molecule has 3 heteroatoms. The first-order valence-electron chi connectivity index (χ1n) is 6.62. The zero-order valence-electron chi connectivity index (χ0n) is 11.7. The van der Waals surface area contributed by atoms with Crippen molar-refractivity contribution in [3.63, 3.8) is 0 Å². The summed E-state index contributed by atoms with van der Waals surface area (Å²) in [6.07, 6.45) is 3.67. The number of hydrogen-bond donors (Lipinski definition) is 1. The summed E-state index contributed by atoms with van der Waals surface area (Å²) in [6, 6.07) is 16.7. The van der Waals surface area contributed by atoms with Gasteiger partial charge in [0.2, 0.25) is 0 Å². The van der Waals surface area contributed by atoms with E-state index < -0.39 is 0 Å². The molecule has 0 fully saturated rings. The molecule has 3 aromatic rings. The Bertz CT molecular complexity index is 730. The van der Waals surface area contributed by atoms with Gasteiger partial charge in [-0.3, -0.25) is 4.98 Å². The van der Waals surface area contributed by atoms with Gasteiger partial charge in [0.25, 0.3) is 0 Å². The molecular weight excluding hydrogens is 246 g/mol. The van der Waals surface area contributed by atoms with E-state index in [1.54, 1.807) is 0 Å². The van der Waals surface area contributed by atoms with E-state index in [-0.39, 0.29) is 0 Å². The second-order valence-corrected chi connectivity index (χ2v) is 4.94. The molecule has 1 heterocycles. The third-order valence-electron chi connectivity index (χ3n) is 3.34. The van der Waals surface area contributed by atoms with Crippen molar-refractivity contribution in [1.82, 2.24) is 4.98 Å². The lowest BCUT2D eigenvalue weighted by molar-refractivity contribution is 1.12. The van der Waals surface area contributed by atoms with Crippen molar-refractivity contribution in [2.45, 2.75) is 0 Å². The number of aromatic nitrogens is 1. The zero-order valence-corrected chi connectivity index (χ0v) is 11.7. The summed E-state index contributed by atoms with van der Waals surface area (Å²) in [6.45, 7) is 0. The molecule has 0 saturated carbocycles. The van der Waals surface area contributed by atoms with E-state index in [0.717, 1.165) is 17.1 Å². The van der Waals surface area contributed by atoms with E-state index in [2.05, 4.69) is 57.7 Å². The van der Waals surface area contributed by atoms with Gasteiger partial charge in [-0.15, -0.1) is 0 Å². The quantitative estimate of drug-likeness (QED) is 0.773. The van der Waals surface area contributed by atoms with Crippen molar-refractivity contribution in [1.29, 1.82) is 0 Å². The summed E-state index contributed by atoms with van der Waals surface area (Å²) in [5.41, 5.74) is 3.22. The van der Waals surface area contributed by atoms with Gasteiger partial charge in [0.1, 0.15) is 0 Å². The van der Waals surface area contributed by atoms with Crippen LogP contribution in [0.3, 0.4) is 0 Å². The van der Waals surface area contributed by atoms with Crippen LogP contribution in [0.2, 0.25) is 0 Å². The maximum atomic E-state index is 4.21. The molecule has 0 aliphatic heterocycles. The highest BCUT2D eigenvalue weighted by Crippen LogP contribution is 2.30. The average Bonchev–Trinajstić information content (AvgIpc) is 2.48. The number of benzene rings is 2. The van der Waals surface area contributed by atoms with E-state index in [4.69, 9.17) is 0 Å². The Balaban J connectivity index is 2.06. The molecule has 0 aliphatic carbocycles. The van der Waals surface area contributed by atoms with Crippen LogP contribution in [0.15, 0.2) is 60.9 Å². The molecule has 0 bridgehead atoms. The number of nitrogens with zero attached hydrogens (tertiary/aromatic N) is 2. The second kappa shape index (κ2) is 5.21. The molecule has 0 amide bonds. The first-order chi connectivity index (χ1) is 9.75. The van der Waals surface area contributed by atoms with Crippen LogP contribution in [0.5, 0.6) is 0 Å². The van der Waals surface area contributed by atoms with Crippen LogP contribution in [0.25, 0.3) is 10.8 Å². The first-order valence-corrected chi connectivity index (χ1v) is 6.62. The predicted octanol–water partition coefficient (Wildman–Crippen LogP) is 4.04. The van der Waals surface area contributed by atoms with Crippen molar-refractivity contribution < 1.29 is 0 Å². The molecular formula is C17H17N3. The molecule has 0 unspecified atom stereocenters. The van der Waals surface area contributed by atoms with Gasteiger partial charge in [0, 0.05) is 31.4 Å². The van der Waals surface area contributed by atoms with Crippen LogP contribution >= 0.6 is 0 Å². The molecule has 0 atom stereocenters. The number of anilines is 3. The van der Waals surface area contributed by atoms with Gasteiger partial charge >= 0.3 is 0 Å². The van der Waals surface area contributed by atoms with Crippen molar-refractivity contribution in [2.24, 2.45) is 0 Å². The van der Waals surface area contributed by atoms with E-state index in [1.165, 1.54) is 10.8 Å². The Labute approximate surface area is 118 Å². The van der Waals surface area contributed by atoms with Crippen LogP contribution in [-0.2, 0) is 0 Å². The summed E-state index contributed by atoms with van der Waals surface area (Å²) in [7, 11) is 4.06. The Hall–Kier alpha value is -2.55. The second-order valence-electron chi connectivity index (χ2n) is 4.94. The lowest BCUT2D eigenvalue weighted by atomic mass is 10.1. The van der Waals surface area contributed by atoms with Gasteiger partial charge in [-0.25, -0.2) is 0 Å². The maximum Gasteiger partial charge on any atom is 0.0808 e. The topological polar surface area (TPSA) is 28.2 Å². The third-order valence-corrected chi connectivity index (χ3v) is 3.34. The summed E-state index contributed by atoms with van der Waals surface area (Å²) in [5.74, 6) is 0. The van der Waals surface area contributed by atoms with Crippen LogP contribution in [0.1, 0.15) is 0 Å². The standard InChI is InChI=1S/C17H17N3/c1-20(2)17-10-11-18-12-16(17)19-15-9-5-7-13-6-3-4-8-14(13)15/h3-12,19H,1-2H3. The highest BCUT2D eigenvalue weighted by Gasteiger charge is 2.06. The Kier molecular flexibility index (Phi) is 3.25. The Morgan fingerprint density at radius 1 is 0.900 bits per heavy atom. The van der Waals surface area contributed by atoms with Crippen molar-refractivity contribution in [3.8, 4) is 0 Å². The Morgan fingerprint density at radius 2 is 1.70 bits per heavy atom. The fourth-order valence-electron chi connectivity index (χ4n) is 2.35. The fraction of sp³-hybridized carbons (Fsp3) is 0.118. The molecule has 3 rings (SSSR count). The van der Waals surface area contributed by atoms with Crippen LogP contribution in [-0.4, -0.2) is 19.1 Å². The molecule has 2 aromatic carbocycles. The summed E-state index contributed by atoms with van der Waals surface area (Å²) < 4.78 is 0. The smallest absolute Gasteiger partial charge is 0.0808 e. The largest absolute Gasteiger partial charge is 0.376 e. The molecule has 0 aliphatic rings. The van der Waals surface area contributed by atoms with E-state index in [0.29, 0.717) is 0 Å². The SMILES string of the molecule is CN(C)c1ccncc1Nc1cccc2ccccc12. The summed E-state index contributed by atoms with van der Waals surface area (Å²) >= 11 is 0. The zero-order chi connectivity index (χ0) is 13.9. The van der Waals surface area contributed by atoms with E-state index >= 15 is 0 Å². The lowest BCUT2D eigenvalue weighted by Crippen LogP contribution is -2.11. The molecule has 3 nitrogen and oxygen atoms in total. The number of fused-ring (bicyclic) bond motifs is 1. The van der Waals surface area contributed by atoms with E-state index in [1.807, 2.05) is 32.6 Å². The molecule has 100 valence electrons. The minimum atomic E-state index is 1.01. The number of pyridine rings is 1. The lowest BCUT2D eigenvalue weighted by Gasteiger charge is -2.18. The maximum absolute atomic E-state index is 4.21. The molecule has 0 radical (unpaired) electrons. The van der Waals surface area contributed by atoms with Gasteiger partial charge < -0.3 is 10.2 Å². The van der Waals surface area contributed by atoms with Gasteiger partial charge in [-0.2, -0.15) is 0 Å². The molecule has 0 spiro atoms. The van der Waals surface area contributed by atoms with Crippen LogP contribution in [0.4, 0.5) is 17.1 Å². The molecule has 20 heavy (non-hydrogen) atoms. The monoisotopic (exact) mass is 263 g/mol. The van der Waals surface area contributed by atoms with E-state index in [9.17, 15) is 0 Å². The minimum Gasteiger partial charge on any atom is -0.376 e. The molecule has 1 aromatic heterocycles. The highest BCUT2D eigenvalue weighted by atomic mass is 15.1. The summed E-state index contributed by atoms with van der Waals surface area (Å²) in [4.78, 5) is 6.29. The average molecular weight is 263 g/mol. The Morgan fingerprint density at radius 3 is 2.55 bits per heavy atom. The number of nitrogens with one attached hydrogen (secondary N) is 1. The number of hydrogen-bond acceptors (Lipinski definition) is 3. The van der Waals surface area contributed by atoms with Crippen molar-refractivity contribution >= 4 is 27.8 Å². The van der Waals surface area contributed by atoms with Crippen LogP contribution < -0.4 is 10.2 Å². The van der Waals surface area contributed by atoms with Gasteiger partial charge in [0.15, 0.2) is 0 Å². The molecule has 0 saturated heterocycles. The van der Waals surface area contributed by atoms with Gasteiger partial charge in [-0.1, -0.05) is 36.4 Å². The van der Waals surface area contributed by atoms with Crippen LogP contribution in [0, 0.1) is 0 Å². The van der Waals surface area contributed by atoms with Crippen molar-refractivity contribution in [3.05, 3.63) is 60.9 Å². The third kappa shape index (κ3) is 2.30. The fourth-order valence-corrected chi connectivity index (χ4v) is 2.35. The minimum absolute atomic E-state index is 1.01. The normalized spacial score (nSPS) is 10.5. The number of rotatable bonds is 3. The first kappa shape index (κ1) is 12.5. The summed E-state index contributed by atoms with van der Waals surface area (Å²) in [5, 5.41) is 5.93. The predicted molar refractivity (Wildman–Crippen MR) is 85.8 cm³/mol. The van der Waals surface area contributed by atoms with Crippen molar-refractivity contribution in [2.75, 3.05) is 24.3 Å². The molecule has 1 N–H and O–H groups in total. The van der Waals surface area contributed by atoms with Gasteiger partial charge in [0.05, 0.1) is 17.6 Å². The van der Waals surface area contributed by atoms with Gasteiger partial charge in [-0.05, 0) is 17.5 Å².